The van der Waals surface area contributed by atoms with E-state index in [0.717, 1.165) is 0 Å². The molecule has 1 atom stereocenters. The quantitative estimate of drug-likeness (QED) is 0.612. The van der Waals surface area contributed by atoms with Crippen molar-refractivity contribution >= 4 is 12.1 Å². The predicted molar refractivity (Wildman–Crippen MR) is 63.3 cm³/mol. The Morgan fingerprint density at radius 3 is 2.44 bits per heavy atom. The molecule has 0 aromatic rings. The van der Waals surface area contributed by atoms with Gasteiger partial charge >= 0.3 is 12.1 Å². The second kappa shape index (κ2) is 7.88. The number of rotatable bonds is 7. The van der Waals surface area contributed by atoms with Crippen molar-refractivity contribution in [3.63, 3.8) is 0 Å². The summed E-state index contributed by atoms with van der Waals surface area (Å²) in [5.41, 5.74) is -0.562. The van der Waals surface area contributed by atoms with Crippen molar-refractivity contribution in [1.82, 2.24) is 5.32 Å². The van der Waals surface area contributed by atoms with Gasteiger partial charge in [0.1, 0.15) is 12.2 Å². The van der Waals surface area contributed by atoms with Gasteiger partial charge in [-0.05, 0) is 27.2 Å². The Bertz CT molecular complexity index is 273. The van der Waals surface area contributed by atoms with E-state index in [1.165, 1.54) is 0 Å². The summed E-state index contributed by atoms with van der Waals surface area (Å²) in [7, 11) is 0. The topological polar surface area (TPSA) is 105 Å². The smallest absolute Gasteiger partial charge is 0.407 e. The monoisotopic (exact) mass is 263 g/mol. The molecule has 0 aliphatic rings. The van der Waals surface area contributed by atoms with E-state index in [0.29, 0.717) is 0 Å². The van der Waals surface area contributed by atoms with E-state index in [-0.39, 0.29) is 19.6 Å². The number of carboxylic acid groups (broad SMARTS) is 1. The zero-order valence-corrected chi connectivity index (χ0v) is 10.9. The van der Waals surface area contributed by atoms with Gasteiger partial charge in [-0.2, -0.15) is 0 Å². The molecule has 0 aromatic heterocycles. The maximum atomic E-state index is 11.2. The van der Waals surface area contributed by atoms with Crippen LogP contribution < -0.4 is 5.32 Å². The van der Waals surface area contributed by atoms with Crippen molar-refractivity contribution in [2.45, 2.75) is 38.9 Å². The van der Waals surface area contributed by atoms with E-state index in [1.807, 2.05) is 0 Å². The van der Waals surface area contributed by atoms with Crippen molar-refractivity contribution in [1.29, 1.82) is 0 Å². The normalized spacial score (nSPS) is 12.9. The number of aliphatic carboxylic acids is 1. The predicted octanol–water partition coefficient (Wildman–Crippen LogP) is 0.363. The molecule has 7 heteroatoms. The number of hydrogen-bond donors (Lipinski definition) is 3. The van der Waals surface area contributed by atoms with Gasteiger partial charge in [0.25, 0.3) is 0 Å². The Labute approximate surface area is 106 Å². The van der Waals surface area contributed by atoms with Crippen LogP contribution in [0.5, 0.6) is 0 Å². The van der Waals surface area contributed by atoms with Crippen LogP contribution in [0.1, 0.15) is 27.2 Å². The Morgan fingerprint density at radius 1 is 1.33 bits per heavy atom. The average Bonchev–Trinajstić information content (AvgIpc) is 2.13. The molecule has 3 N–H and O–H groups in total. The van der Waals surface area contributed by atoms with Gasteiger partial charge in [0.15, 0.2) is 0 Å². The van der Waals surface area contributed by atoms with Crippen molar-refractivity contribution in [2.24, 2.45) is 0 Å². The highest BCUT2D eigenvalue weighted by molar-refractivity contribution is 5.68. The number of carbonyl (C=O) groups is 2. The molecule has 0 radical (unpaired) electrons. The molecule has 0 aliphatic carbocycles. The zero-order chi connectivity index (χ0) is 14.2. The fraction of sp³-hybridized carbons (Fsp3) is 0.818. The van der Waals surface area contributed by atoms with E-state index in [1.54, 1.807) is 20.8 Å². The summed E-state index contributed by atoms with van der Waals surface area (Å²) >= 11 is 0. The van der Waals surface area contributed by atoms with Crippen molar-refractivity contribution in [3.8, 4) is 0 Å². The second-order valence-corrected chi connectivity index (χ2v) is 4.78. The van der Waals surface area contributed by atoms with Crippen molar-refractivity contribution < 1.29 is 29.3 Å². The second-order valence-electron chi connectivity index (χ2n) is 4.78. The van der Waals surface area contributed by atoms with Crippen LogP contribution in [-0.2, 0) is 14.3 Å². The number of hydrogen-bond acceptors (Lipinski definition) is 5. The number of carbonyl (C=O) groups excluding carboxylic acids is 1. The van der Waals surface area contributed by atoms with Crippen LogP contribution in [0, 0.1) is 0 Å². The SMILES string of the molecule is CC(C)(C)OC(=O)NCCC(O)COCC(=O)O. The molecule has 0 saturated carbocycles. The molecule has 0 heterocycles. The molecule has 18 heavy (non-hydrogen) atoms. The molecule has 0 aromatic carbocycles. The number of nitrogens with one attached hydrogen (secondary N) is 1. The first-order valence-corrected chi connectivity index (χ1v) is 5.65. The molecule has 1 amide bonds. The largest absolute Gasteiger partial charge is 0.480 e. The number of aliphatic hydroxyl groups excluding tert-OH is 1. The van der Waals surface area contributed by atoms with Gasteiger partial charge in [-0.1, -0.05) is 0 Å². The molecular formula is C11H21NO6. The van der Waals surface area contributed by atoms with Crippen molar-refractivity contribution in [3.05, 3.63) is 0 Å². The number of alkyl carbamates (subject to hydrolysis) is 1. The molecule has 0 rings (SSSR count). The summed E-state index contributed by atoms with van der Waals surface area (Å²) in [6, 6.07) is 0. The fourth-order valence-electron chi connectivity index (χ4n) is 1.02. The molecule has 7 nitrogen and oxygen atoms in total. The Hall–Kier alpha value is -1.34. The van der Waals surface area contributed by atoms with Gasteiger partial charge in [-0.3, -0.25) is 0 Å². The van der Waals surface area contributed by atoms with E-state index < -0.39 is 30.4 Å². The molecule has 0 spiro atoms. The van der Waals surface area contributed by atoms with Gasteiger partial charge < -0.3 is 25.0 Å². The number of amides is 1. The molecule has 106 valence electrons. The lowest BCUT2D eigenvalue weighted by Crippen LogP contribution is -2.34. The number of aliphatic hydroxyl groups is 1. The van der Waals surface area contributed by atoms with Gasteiger partial charge in [0.05, 0.1) is 12.7 Å². The highest BCUT2D eigenvalue weighted by atomic mass is 16.6. The number of carboxylic acids is 1. The maximum absolute atomic E-state index is 11.2. The van der Waals surface area contributed by atoms with Crippen LogP contribution in [0.25, 0.3) is 0 Å². The van der Waals surface area contributed by atoms with E-state index in [4.69, 9.17) is 14.6 Å². The third-order valence-electron chi connectivity index (χ3n) is 1.68. The van der Waals surface area contributed by atoms with Gasteiger partial charge in [-0.15, -0.1) is 0 Å². The van der Waals surface area contributed by atoms with Gasteiger partial charge in [-0.25, -0.2) is 9.59 Å². The third-order valence-corrected chi connectivity index (χ3v) is 1.68. The summed E-state index contributed by atoms with van der Waals surface area (Å²) in [5, 5.41) is 20.2. The van der Waals surface area contributed by atoms with Gasteiger partial charge in [0, 0.05) is 6.54 Å². The van der Waals surface area contributed by atoms with Crippen LogP contribution in [0.15, 0.2) is 0 Å². The number of ether oxygens (including phenoxy) is 2. The molecule has 1 unspecified atom stereocenters. The zero-order valence-electron chi connectivity index (χ0n) is 10.9. The molecule has 0 aliphatic heterocycles. The lowest BCUT2D eigenvalue weighted by molar-refractivity contribution is -0.143. The minimum Gasteiger partial charge on any atom is -0.480 e. The Balaban J connectivity index is 3.59. The molecule has 0 saturated heterocycles. The maximum Gasteiger partial charge on any atom is 0.407 e. The van der Waals surface area contributed by atoms with Crippen LogP contribution in [0.2, 0.25) is 0 Å². The van der Waals surface area contributed by atoms with Crippen molar-refractivity contribution in [2.75, 3.05) is 19.8 Å². The first-order valence-electron chi connectivity index (χ1n) is 5.65. The highest BCUT2D eigenvalue weighted by Gasteiger charge is 2.16. The van der Waals surface area contributed by atoms with E-state index >= 15 is 0 Å². The first-order chi connectivity index (χ1) is 8.20. The van der Waals surface area contributed by atoms with Crippen LogP contribution >= 0.6 is 0 Å². The third kappa shape index (κ3) is 11.2. The van der Waals surface area contributed by atoms with Gasteiger partial charge in [0.2, 0.25) is 0 Å². The lowest BCUT2D eigenvalue weighted by Gasteiger charge is -2.20. The Kier molecular flexibility index (Phi) is 7.30. The lowest BCUT2D eigenvalue weighted by atomic mass is 10.2. The average molecular weight is 263 g/mol. The van der Waals surface area contributed by atoms with E-state index in [9.17, 15) is 14.7 Å². The molecule has 0 fully saturated rings. The minimum absolute atomic E-state index is 0.0811. The van der Waals surface area contributed by atoms with Crippen LogP contribution in [-0.4, -0.2) is 53.7 Å². The summed E-state index contributed by atoms with van der Waals surface area (Å²) in [6.45, 7) is 4.95. The highest BCUT2D eigenvalue weighted by Crippen LogP contribution is 2.06. The minimum atomic E-state index is -1.09. The summed E-state index contributed by atoms with van der Waals surface area (Å²) in [4.78, 5) is 21.4. The van der Waals surface area contributed by atoms with Crippen LogP contribution in [0.4, 0.5) is 4.79 Å². The van der Waals surface area contributed by atoms with Crippen LogP contribution in [0.3, 0.4) is 0 Å². The van der Waals surface area contributed by atoms with E-state index in [2.05, 4.69) is 5.32 Å². The first kappa shape index (κ1) is 16.7. The fourth-order valence-corrected chi connectivity index (χ4v) is 1.02. The Morgan fingerprint density at radius 2 is 1.94 bits per heavy atom. The molecule has 0 bridgehead atoms. The summed E-state index contributed by atoms with van der Waals surface area (Å²) in [5.74, 6) is -1.09. The molecular weight excluding hydrogens is 242 g/mol. The summed E-state index contributed by atoms with van der Waals surface area (Å²) in [6.07, 6.45) is -1.11. The summed E-state index contributed by atoms with van der Waals surface area (Å²) < 4.78 is 9.69. The standard InChI is InChI=1S/C11H21NO6/c1-11(2,3)18-10(16)12-5-4-8(13)6-17-7-9(14)15/h8,13H,4-7H2,1-3H3,(H,12,16)(H,14,15).